The minimum Gasteiger partial charge on any atom is -0.493 e. The van der Waals surface area contributed by atoms with Crippen molar-refractivity contribution in [3.8, 4) is 11.5 Å². The molecule has 3 rings (SSSR count). The Labute approximate surface area is 218 Å². The largest absolute Gasteiger partial charge is 0.493 e. The first kappa shape index (κ1) is 27.1. The average Bonchev–Trinajstić information content (AvgIpc) is 2.90. The third-order valence-corrected chi connectivity index (χ3v) is 6.14. The third-order valence-electron chi connectivity index (χ3n) is 5.89. The zero-order chi connectivity index (χ0) is 25.9. The van der Waals surface area contributed by atoms with E-state index in [0.717, 1.165) is 23.1 Å². The normalized spacial score (nSPS) is 11.4. The lowest BCUT2D eigenvalue weighted by atomic mass is 10.0. The van der Waals surface area contributed by atoms with Gasteiger partial charge in [0.2, 0.25) is 11.8 Å². The molecule has 0 saturated heterocycles. The Morgan fingerprint density at radius 2 is 1.56 bits per heavy atom. The zero-order valence-corrected chi connectivity index (χ0v) is 21.8. The van der Waals surface area contributed by atoms with Crippen LogP contribution in [0.3, 0.4) is 0 Å². The van der Waals surface area contributed by atoms with Crippen molar-refractivity contribution in [2.45, 2.75) is 38.8 Å². The highest BCUT2D eigenvalue weighted by Crippen LogP contribution is 2.28. The molecule has 1 unspecified atom stereocenters. The summed E-state index contributed by atoms with van der Waals surface area (Å²) in [4.78, 5) is 28.8. The molecular formula is C29H33ClN2O4. The van der Waals surface area contributed by atoms with Gasteiger partial charge >= 0.3 is 0 Å². The first-order chi connectivity index (χ1) is 17.4. The van der Waals surface area contributed by atoms with Crippen LogP contribution in [0.2, 0.25) is 5.02 Å². The Kier molecular flexibility index (Phi) is 10.2. The number of hydrogen-bond donors (Lipinski definition) is 1. The number of nitrogens with zero attached hydrogens (tertiary/aromatic N) is 1. The third kappa shape index (κ3) is 7.49. The number of hydrogen-bond acceptors (Lipinski definition) is 4. The summed E-state index contributed by atoms with van der Waals surface area (Å²) in [5.41, 5.74) is 2.64. The number of carbonyl (C=O) groups excluding carboxylic acids is 2. The molecule has 0 aliphatic rings. The van der Waals surface area contributed by atoms with Crippen LogP contribution in [0.1, 0.15) is 30.0 Å². The molecule has 0 aliphatic heterocycles. The van der Waals surface area contributed by atoms with E-state index in [9.17, 15) is 9.59 Å². The van der Waals surface area contributed by atoms with Crippen molar-refractivity contribution in [2.24, 2.45) is 0 Å². The van der Waals surface area contributed by atoms with Crippen molar-refractivity contribution >= 4 is 23.4 Å². The van der Waals surface area contributed by atoms with Crippen LogP contribution in [-0.4, -0.2) is 43.5 Å². The van der Waals surface area contributed by atoms with Gasteiger partial charge in [-0.25, -0.2) is 0 Å². The average molecular weight is 509 g/mol. The van der Waals surface area contributed by atoms with E-state index in [4.69, 9.17) is 21.1 Å². The minimum absolute atomic E-state index is 0.111. The molecule has 7 heteroatoms. The molecular weight excluding hydrogens is 476 g/mol. The monoisotopic (exact) mass is 508 g/mol. The minimum atomic E-state index is -0.678. The van der Waals surface area contributed by atoms with Crippen molar-refractivity contribution in [1.82, 2.24) is 10.2 Å². The molecule has 1 atom stereocenters. The quantitative estimate of drug-likeness (QED) is 0.371. The van der Waals surface area contributed by atoms with Crippen LogP contribution >= 0.6 is 11.6 Å². The van der Waals surface area contributed by atoms with Crippen LogP contribution < -0.4 is 14.8 Å². The van der Waals surface area contributed by atoms with E-state index in [1.807, 2.05) is 55.5 Å². The van der Waals surface area contributed by atoms with Gasteiger partial charge in [-0.05, 0) is 47.4 Å². The van der Waals surface area contributed by atoms with Crippen LogP contribution in [-0.2, 0) is 29.0 Å². The molecule has 3 aromatic carbocycles. The second kappa shape index (κ2) is 13.5. The van der Waals surface area contributed by atoms with E-state index >= 15 is 0 Å². The maximum Gasteiger partial charge on any atom is 0.243 e. The molecule has 0 aromatic heterocycles. The topological polar surface area (TPSA) is 67.9 Å². The highest BCUT2D eigenvalue weighted by atomic mass is 35.5. The number of amides is 2. The molecule has 0 fully saturated rings. The lowest BCUT2D eigenvalue weighted by Gasteiger charge is -2.32. The fraction of sp³-hybridized carbons (Fsp3) is 0.310. The van der Waals surface area contributed by atoms with Gasteiger partial charge in [-0.1, -0.05) is 67.1 Å². The maximum atomic E-state index is 13.8. The van der Waals surface area contributed by atoms with Crippen molar-refractivity contribution in [3.05, 3.63) is 94.5 Å². The first-order valence-electron chi connectivity index (χ1n) is 12.0. The summed E-state index contributed by atoms with van der Waals surface area (Å²) in [6, 6.07) is 21.8. The van der Waals surface area contributed by atoms with Crippen LogP contribution in [0.4, 0.5) is 0 Å². The van der Waals surface area contributed by atoms with E-state index in [2.05, 4.69) is 5.32 Å². The zero-order valence-electron chi connectivity index (χ0n) is 21.0. The Balaban J connectivity index is 1.96. The number of benzene rings is 3. The maximum absolute atomic E-state index is 13.8. The molecule has 1 N–H and O–H groups in total. The van der Waals surface area contributed by atoms with Crippen LogP contribution in [0, 0.1) is 0 Å². The van der Waals surface area contributed by atoms with Crippen LogP contribution in [0.5, 0.6) is 11.5 Å². The first-order valence-corrected chi connectivity index (χ1v) is 12.4. The van der Waals surface area contributed by atoms with Crippen molar-refractivity contribution in [3.63, 3.8) is 0 Å². The summed E-state index contributed by atoms with van der Waals surface area (Å²) in [7, 11) is 3.13. The SMILES string of the molecule is CCCNC(=O)C(Cc1ccccc1)N(Cc1ccc(Cl)cc1)C(=O)Cc1ccc(OC)c(OC)c1. The lowest BCUT2D eigenvalue weighted by Crippen LogP contribution is -2.51. The Bertz CT molecular complexity index is 1140. The van der Waals surface area contributed by atoms with Gasteiger partial charge in [0.05, 0.1) is 20.6 Å². The lowest BCUT2D eigenvalue weighted by molar-refractivity contribution is -0.140. The molecule has 0 aliphatic carbocycles. The number of ether oxygens (including phenoxy) is 2. The van der Waals surface area contributed by atoms with Gasteiger partial charge in [-0.3, -0.25) is 9.59 Å². The van der Waals surface area contributed by atoms with Crippen molar-refractivity contribution in [2.75, 3.05) is 20.8 Å². The molecule has 0 radical (unpaired) electrons. The highest BCUT2D eigenvalue weighted by Gasteiger charge is 2.30. The van der Waals surface area contributed by atoms with Crippen LogP contribution in [0.15, 0.2) is 72.8 Å². The summed E-state index contributed by atoms with van der Waals surface area (Å²) in [6.45, 7) is 2.82. The molecule has 2 amide bonds. The van der Waals surface area contributed by atoms with E-state index in [0.29, 0.717) is 29.5 Å². The molecule has 0 saturated carbocycles. The second-order valence-corrected chi connectivity index (χ2v) is 8.95. The van der Waals surface area contributed by atoms with Crippen molar-refractivity contribution < 1.29 is 19.1 Å². The van der Waals surface area contributed by atoms with E-state index in [1.165, 1.54) is 0 Å². The van der Waals surface area contributed by atoms with E-state index in [1.54, 1.807) is 43.4 Å². The molecule has 6 nitrogen and oxygen atoms in total. The van der Waals surface area contributed by atoms with Crippen molar-refractivity contribution in [1.29, 1.82) is 0 Å². The summed E-state index contributed by atoms with van der Waals surface area (Å²) < 4.78 is 10.7. The summed E-state index contributed by atoms with van der Waals surface area (Å²) in [6.07, 6.45) is 1.32. The van der Waals surface area contributed by atoms with Gasteiger partial charge in [0.25, 0.3) is 0 Å². The summed E-state index contributed by atoms with van der Waals surface area (Å²) >= 11 is 6.08. The van der Waals surface area contributed by atoms with Gasteiger partial charge < -0.3 is 19.7 Å². The second-order valence-electron chi connectivity index (χ2n) is 8.51. The Morgan fingerprint density at radius 1 is 0.889 bits per heavy atom. The fourth-order valence-electron chi connectivity index (χ4n) is 3.97. The van der Waals surface area contributed by atoms with Crippen LogP contribution in [0.25, 0.3) is 0 Å². The van der Waals surface area contributed by atoms with E-state index < -0.39 is 6.04 Å². The number of rotatable bonds is 12. The predicted octanol–water partition coefficient (Wildman–Crippen LogP) is 5.07. The number of methoxy groups -OCH3 is 2. The van der Waals surface area contributed by atoms with Gasteiger partial charge in [-0.15, -0.1) is 0 Å². The smallest absolute Gasteiger partial charge is 0.243 e. The Hall–Kier alpha value is -3.51. The fourth-order valence-corrected chi connectivity index (χ4v) is 4.10. The van der Waals surface area contributed by atoms with E-state index in [-0.39, 0.29) is 24.8 Å². The predicted molar refractivity (Wildman–Crippen MR) is 142 cm³/mol. The molecule has 0 bridgehead atoms. The van der Waals surface area contributed by atoms with Gasteiger partial charge in [0.1, 0.15) is 6.04 Å². The summed E-state index contributed by atoms with van der Waals surface area (Å²) in [5, 5.41) is 3.60. The Morgan fingerprint density at radius 3 is 2.19 bits per heavy atom. The van der Waals surface area contributed by atoms with Gasteiger partial charge in [0.15, 0.2) is 11.5 Å². The van der Waals surface area contributed by atoms with Gasteiger partial charge in [-0.2, -0.15) is 0 Å². The molecule has 190 valence electrons. The number of nitrogens with one attached hydrogen (secondary N) is 1. The summed E-state index contributed by atoms with van der Waals surface area (Å²) in [5.74, 6) is 0.807. The number of carbonyl (C=O) groups is 2. The molecule has 3 aromatic rings. The molecule has 0 heterocycles. The van der Waals surface area contributed by atoms with Gasteiger partial charge in [0, 0.05) is 24.5 Å². The number of halogens is 1. The highest BCUT2D eigenvalue weighted by molar-refractivity contribution is 6.30. The molecule has 0 spiro atoms. The standard InChI is InChI=1S/C29H33ClN2O4/c1-4-16-31-29(34)25(17-21-8-6-5-7-9-21)32(20-22-10-13-24(30)14-11-22)28(33)19-23-12-15-26(35-2)27(18-23)36-3/h5-15,18,25H,4,16-17,19-20H2,1-3H3,(H,31,34). The molecule has 36 heavy (non-hydrogen) atoms.